The van der Waals surface area contributed by atoms with Crippen LogP contribution < -0.4 is 11.1 Å². The van der Waals surface area contributed by atoms with Crippen LogP contribution in [0, 0.1) is 11.8 Å². The van der Waals surface area contributed by atoms with Gasteiger partial charge >= 0.3 is 12.1 Å². The summed E-state index contributed by atoms with van der Waals surface area (Å²) in [5.74, 6) is -10.5. The highest BCUT2D eigenvalue weighted by atomic mass is 19.4. The number of carbonyl (C=O) groups excluding carboxylic acids is 5. The van der Waals surface area contributed by atoms with Crippen molar-refractivity contribution in [1.82, 2.24) is 9.80 Å². The Bertz CT molecular complexity index is 1920. The van der Waals surface area contributed by atoms with Gasteiger partial charge in [-0.3, -0.25) is 28.9 Å². The van der Waals surface area contributed by atoms with E-state index in [2.05, 4.69) is 5.32 Å². The van der Waals surface area contributed by atoms with Gasteiger partial charge in [0.2, 0.25) is 11.7 Å². The minimum Gasteiger partial charge on any atom is -0.510 e. The molecule has 5 atom stereocenters. The average Bonchev–Trinajstić information content (AvgIpc) is 3.52. The van der Waals surface area contributed by atoms with E-state index in [0.717, 1.165) is 0 Å². The number of aliphatic hydroxyl groups excluding tert-OH is 2. The average molecular weight is 699 g/mol. The molecule has 13 nitrogen and oxygen atoms in total. The number of likely N-dealkylation sites (N-methyl/N-ethyl adjacent to an activating group) is 1. The van der Waals surface area contributed by atoms with E-state index in [-0.39, 0.29) is 49.1 Å². The minimum absolute atomic E-state index is 0.0432. The molecule has 0 radical (unpaired) electrons. The summed E-state index contributed by atoms with van der Waals surface area (Å²) in [6.45, 7) is -0.200. The van der Waals surface area contributed by atoms with Crippen molar-refractivity contribution < 1.29 is 57.6 Å². The summed E-state index contributed by atoms with van der Waals surface area (Å²) in [6.07, 6.45) is -4.87. The molecule has 1 heterocycles. The number of alkyl halides is 3. The number of phenolic OH excluding ortho intramolecular Hbond substituents is 1. The first kappa shape index (κ1) is 34.6. The third kappa shape index (κ3) is 5.20. The van der Waals surface area contributed by atoms with Crippen LogP contribution in [0.2, 0.25) is 0 Å². The fourth-order valence-corrected chi connectivity index (χ4v) is 7.92. The molecule has 0 spiro atoms. The van der Waals surface area contributed by atoms with Gasteiger partial charge in [0, 0.05) is 23.7 Å². The number of fused-ring (bicyclic) bond motifs is 3. The molecule has 2 aromatic rings. The Morgan fingerprint density at radius 2 is 1.70 bits per heavy atom. The summed E-state index contributed by atoms with van der Waals surface area (Å²) in [7, 11) is 3.06. The number of nitrogens with two attached hydrogens (primary N) is 1. The molecule has 16 heteroatoms. The number of Topliss-reactive ketones (excluding diaryl/α,β-unsaturated/α-hetero) is 2. The number of allylic oxidation sites excluding steroid dienone is 1. The summed E-state index contributed by atoms with van der Waals surface area (Å²) in [6, 6.07) is 6.51. The standard InChI is InChI=1S/C34H33F3N4O9/c1-40(2)25-19-13-15-12-18-17(14-5-7-16(8-6-14)39-31(48)20-4-3-11-41(20)32(49)34(35,36)37)9-10-21(42)23(18)26(43)22(15)28(45)33(19,50)29(46)24(27(25)44)30(38)47/h5-10,15,19-20,25,42,44-45,50H,3-4,11-13H2,1-2H3,(H2,38,47)(H,39,48). The van der Waals surface area contributed by atoms with Gasteiger partial charge in [-0.05, 0) is 80.6 Å². The number of amides is 3. The van der Waals surface area contributed by atoms with Crippen LogP contribution in [0.1, 0.15) is 35.2 Å². The zero-order valence-electron chi connectivity index (χ0n) is 26.7. The molecular formula is C34H33F3N4O9. The van der Waals surface area contributed by atoms with Crippen LogP contribution in [0.25, 0.3) is 11.1 Å². The van der Waals surface area contributed by atoms with Crippen molar-refractivity contribution in [3.8, 4) is 16.9 Å². The van der Waals surface area contributed by atoms with Crippen molar-refractivity contribution in [2.24, 2.45) is 17.6 Å². The summed E-state index contributed by atoms with van der Waals surface area (Å²) in [5, 5.41) is 47.6. The number of ketones is 2. The summed E-state index contributed by atoms with van der Waals surface area (Å²) < 4.78 is 39.1. The van der Waals surface area contributed by atoms with Crippen molar-refractivity contribution in [3.05, 3.63) is 70.2 Å². The van der Waals surface area contributed by atoms with Crippen LogP contribution >= 0.6 is 0 Å². The molecule has 6 rings (SSSR count). The molecule has 1 aliphatic heterocycles. The maximum Gasteiger partial charge on any atom is 0.471 e. The molecule has 0 aromatic heterocycles. The van der Waals surface area contributed by atoms with Gasteiger partial charge in [-0.25, -0.2) is 0 Å². The normalized spacial score (nSPS) is 26.5. The highest BCUT2D eigenvalue weighted by molar-refractivity contribution is 6.25. The first-order valence-electron chi connectivity index (χ1n) is 15.7. The van der Waals surface area contributed by atoms with Gasteiger partial charge in [-0.15, -0.1) is 0 Å². The van der Waals surface area contributed by atoms with Gasteiger partial charge in [-0.1, -0.05) is 18.2 Å². The molecule has 2 aromatic carbocycles. The number of rotatable bonds is 5. The number of anilines is 1. The van der Waals surface area contributed by atoms with E-state index in [9.17, 15) is 57.6 Å². The predicted octanol–water partition coefficient (Wildman–Crippen LogP) is 2.28. The van der Waals surface area contributed by atoms with Gasteiger partial charge in [0.25, 0.3) is 5.91 Å². The van der Waals surface area contributed by atoms with Crippen LogP contribution in [0.5, 0.6) is 5.75 Å². The Morgan fingerprint density at radius 1 is 1.04 bits per heavy atom. The van der Waals surface area contributed by atoms with Crippen molar-refractivity contribution in [2.45, 2.75) is 49.5 Å². The molecule has 4 aliphatic rings. The molecule has 264 valence electrons. The number of likely N-dealkylation sites (tertiary alicyclic amines) is 1. The van der Waals surface area contributed by atoms with E-state index >= 15 is 0 Å². The van der Waals surface area contributed by atoms with E-state index in [1.54, 1.807) is 18.2 Å². The molecule has 5 unspecified atom stereocenters. The van der Waals surface area contributed by atoms with E-state index in [1.165, 1.54) is 37.2 Å². The second kappa shape index (κ2) is 12.0. The highest BCUT2D eigenvalue weighted by Crippen LogP contribution is 2.53. The molecule has 1 fully saturated rings. The molecule has 50 heavy (non-hydrogen) atoms. The molecule has 7 N–H and O–H groups in total. The number of nitrogens with one attached hydrogen (secondary N) is 1. The molecule has 3 aliphatic carbocycles. The first-order valence-corrected chi connectivity index (χ1v) is 15.7. The minimum atomic E-state index is -5.11. The third-order valence-corrected chi connectivity index (χ3v) is 10.1. The van der Waals surface area contributed by atoms with E-state index in [0.29, 0.717) is 21.6 Å². The first-order chi connectivity index (χ1) is 23.4. The number of nitrogens with zero attached hydrogens (tertiary/aromatic N) is 2. The Hall–Kier alpha value is -5.22. The zero-order valence-corrected chi connectivity index (χ0v) is 26.7. The third-order valence-electron chi connectivity index (χ3n) is 10.1. The molecule has 0 saturated carbocycles. The number of benzene rings is 2. The highest BCUT2D eigenvalue weighted by Gasteiger charge is 2.63. The Kier molecular flexibility index (Phi) is 8.30. The fourth-order valence-electron chi connectivity index (χ4n) is 7.92. The number of aromatic hydroxyl groups is 1. The second-order valence-electron chi connectivity index (χ2n) is 13.2. The van der Waals surface area contributed by atoms with Gasteiger partial charge in [0.05, 0.1) is 11.6 Å². The Labute approximate surface area is 282 Å². The summed E-state index contributed by atoms with van der Waals surface area (Å²) >= 11 is 0. The SMILES string of the molecule is CN(C)C1C(O)=C(C(N)=O)C(=O)C2(O)C(O)=C3C(=O)c4c(O)ccc(-c5ccc(NC(=O)C6CCCN6C(=O)C(F)(F)F)cc5)c4CC3CC12. The van der Waals surface area contributed by atoms with Gasteiger partial charge in [0.15, 0.2) is 11.4 Å². The second-order valence-corrected chi connectivity index (χ2v) is 13.2. The molecule has 3 amide bonds. The fraction of sp³-hybridized carbons (Fsp3) is 0.382. The topological polar surface area (TPSA) is 211 Å². The largest absolute Gasteiger partial charge is 0.510 e. The summed E-state index contributed by atoms with van der Waals surface area (Å²) in [4.78, 5) is 66.3. The lowest BCUT2D eigenvalue weighted by atomic mass is 9.58. The summed E-state index contributed by atoms with van der Waals surface area (Å²) in [5.41, 5.74) is 2.83. The maximum absolute atomic E-state index is 14.0. The predicted molar refractivity (Wildman–Crippen MR) is 169 cm³/mol. The van der Waals surface area contributed by atoms with E-state index in [4.69, 9.17) is 5.73 Å². The smallest absolute Gasteiger partial charge is 0.471 e. The molecule has 1 saturated heterocycles. The van der Waals surface area contributed by atoms with Gasteiger partial charge < -0.3 is 36.4 Å². The number of primary amides is 1. The van der Waals surface area contributed by atoms with Crippen LogP contribution in [-0.2, 0) is 25.6 Å². The lowest BCUT2D eigenvalue weighted by Crippen LogP contribution is -2.63. The number of hydrogen-bond acceptors (Lipinski definition) is 10. The van der Waals surface area contributed by atoms with Gasteiger partial charge in [-0.2, -0.15) is 13.2 Å². The van der Waals surface area contributed by atoms with Crippen LogP contribution in [0.4, 0.5) is 18.9 Å². The Morgan fingerprint density at radius 3 is 2.30 bits per heavy atom. The van der Waals surface area contributed by atoms with Crippen LogP contribution in [0.3, 0.4) is 0 Å². The lowest BCUT2D eigenvalue weighted by molar-refractivity contribution is -0.186. The van der Waals surface area contributed by atoms with E-state index < -0.39 is 87.8 Å². The van der Waals surface area contributed by atoms with Crippen molar-refractivity contribution in [3.63, 3.8) is 0 Å². The number of aliphatic hydroxyl groups is 3. The molecule has 0 bridgehead atoms. The monoisotopic (exact) mass is 698 g/mol. The Balaban J connectivity index is 1.33. The van der Waals surface area contributed by atoms with Crippen molar-refractivity contribution in [1.29, 1.82) is 0 Å². The van der Waals surface area contributed by atoms with Crippen molar-refractivity contribution >= 4 is 35.0 Å². The number of hydrogen-bond donors (Lipinski definition) is 6. The van der Waals surface area contributed by atoms with Gasteiger partial charge in [0.1, 0.15) is 28.9 Å². The van der Waals surface area contributed by atoms with Crippen molar-refractivity contribution in [2.75, 3.05) is 26.0 Å². The lowest BCUT2D eigenvalue weighted by Gasteiger charge is -2.50. The quantitative estimate of drug-likeness (QED) is 0.251. The number of halogens is 3. The maximum atomic E-state index is 14.0. The number of carbonyl (C=O) groups is 5. The molecular weight excluding hydrogens is 665 g/mol. The van der Waals surface area contributed by atoms with E-state index in [1.807, 2.05) is 0 Å². The van der Waals surface area contributed by atoms with Crippen LogP contribution in [-0.4, -0.2) is 104 Å². The zero-order chi connectivity index (χ0) is 36.6. The van der Waals surface area contributed by atoms with Crippen LogP contribution in [0.15, 0.2) is 59.1 Å². The number of phenols is 1.